The summed E-state index contributed by atoms with van der Waals surface area (Å²) in [5.74, 6) is -0.206. The maximum absolute atomic E-state index is 11.8. The number of methoxy groups -OCH3 is 1. The van der Waals surface area contributed by atoms with Gasteiger partial charge in [-0.1, -0.05) is 103 Å². The molecule has 0 rings (SSSR count). The van der Waals surface area contributed by atoms with Gasteiger partial charge >= 0.3 is 5.97 Å². The highest BCUT2D eigenvalue weighted by Crippen LogP contribution is 2.17. The van der Waals surface area contributed by atoms with Crippen molar-refractivity contribution in [1.82, 2.24) is 0 Å². The molecular formula is C23H48O3Si. The van der Waals surface area contributed by atoms with Crippen LogP contribution >= 0.6 is 0 Å². The second-order valence-corrected chi connectivity index (χ2v) is 13.4. The van der Waals surface area contributed by atoms with Crippen molar-refractivity contribution < 1.29 is 14.0 Å². The van der Waals surface area contributed by atoms with Crippen LogP contribution in [-0.2, 0) is 14.0 Å². The molecule has 27 heavy (non-hydrogen) atoms. The van der Waals surface area contributed by atoms with Gasteiger partial charge in [-0.2, -0.15) is 0 Å². The largest absolute Gasteiger partial charge is 0.467 e. The van der Waals surface area contributed by atoms with Crippen LogP contribution in [0.15, 0.2) is 0 Å². The zero-order valence-corrected chi connectivity index (χ0v) is 20.1. The minimum atomic E-state index is -1.71. The van der Waals surface area contributed by atoms with Crippen LogP contribution in [0.2, 0.25) is 19.6 Å². The van der Waals surface area contributed by atoms with Crippen molar-refractivity contribution in [2.45, 2.75) is 135 Å². The van der Waals surface area contributed by atoms with Crippen molar-refractivity contribution >= 4 is 14.3 Å². The van der Waals surface area contributed by atoms with Gasteiger partial charge in [0.2, 0.25) is 0 Å². The molecule has 0 N–H and O–H groups in total. The molecule has 0 aromatic carbocycles. The zero-order chi connectivity index (χ0) is 20.4. The fourth-order valence-electron chi connectivity index (χ4n) is 3.48. The maximum atomic E-state index is 11.8. The number of hydrogen-bond acceptors (Lipinski definition) is 3. The van der Waals surface area contributed by atoms with Crippen LogP contribution in [0, 0.1) is 0 Å². The van der Waals surface area contributed by atoms with Crippen molar-refractivity contribution in [3.8, 4) is 0 Å². The van der Waals surface area contributed by atoms with Gasteiger partial charge in [0.15, 0.2) is 8.32 Å². The van der Waals surface area contributed by atoms with Gasteiger partial charge in [0.1, 0.15) is 6.10 Å². The van der Waals surface area contributed by atoms with E-state index in [1.54, 1.807) is 0 Å². The lowest BCUT2D eigenvalue weighted by molar-refractivity contribution is -0.149. The SMILES string of the molecule is CCCCCCCCCCCCCCCCCC(O[Si](C)(C)C)C(=O)OC. The van der Waals surface area contributed by atoms with E-state index in [0.29, 0.717) is 0 Å². The summed E-state index contributed by atoms with van der Waals surface area (Å²) >= 11 is 0. The predicted octanol–water partition coefficient (Wildman–Crippen LogP) is 7.64. The third kappa shape index (κ3) is 18.8. The van der Waals surface area contributed by atoms with Gasteiger partial charge in [-0.15, -0.1) is 0 Å². The van der Waals surface area contributed by atoms with E-state index in [9.17, 15) is 4.79 Å². The molecule has 0 amide bonds. The Bertz CT molecular complexity index is 339. The molecule has 0 spiro atoms. The van der Waals surface area contributed by atoms with Crippen LogP contribution in [-0.4, -0.2) is 27.5 Å². The average Bonchev–Trinajstić information content (AvgIpc) is 2.62. The van der Waals surface area contributed by atoms with Gasteiger partial charge in [0.05, 0.1) is 7.11 Å². The highest BCUT2D eigenvalue weighted by atomic mass is 28.4. The summed E-state index contributed by atoms with van der Waals surface area (Å²) in [5.41, 5.74) is 0. The van der Waals surface area contributed by atoms with Gasteiger partial charge in [0, 0.05) is 0 Å². The molecule has 0 saturated heterocycles. The summed E-state index contributed by atoms with van der Waals surface area (Å²) in [6.07, 6.45) is 20.8. The molecule has 3 nitrogen and oxygen atoms in total. The Kier molecular flexibility index (Phi) is 17.5. The van der Waals surface area contributed by atoms with E-state index in [1.807, 2.05) is 0 Å². The molecule has 0 heterocycles. The molecule has 0 aliphatic heterocycles. The molecule has 162 valence electrons. The molecule has 0 bridgehead atoms. The molecule has 4 heteroatoms. The molecule has 0 aliphatic carbocycles. The predicted molar refractivity (Wildman–Crippen MR) is 120 cm³/mol. The first-order valence-corrected chi connectivity index (χ1v) is 15.1. The molecule has 0 aliphatic rings. The van der Waals surface area contributed by atoms with Crippen molar-refractivity contribution in [3.05, 3.63) is 0 Å². The number of carbonyl (C=O) groups excluding carboxylic acids is 1. The highest BCUT2D eigenvalue weighted by molar-refractivity contribution is 6.69. The standard InChI is InChI=1S/C23H48O3Si/c1-6-7-8-9-10-11-12-13-14-15-16-17-18-19-20-21-22(23(24)25-2)26-27(3,4)5/h22H,6-21H2,1-5H3. The van der Waals surface area contributed by atoms with Crippen molar-refractivity contribution in [2.24, 2.45) is 0 Å². The number of ether oxygens (including phenoxy) is 1. The Balaban J connectivity index is 3.46. The Morgan fingerprint density at radius 3 is 1.41 bits per heavy atom. The summed E-state index contributed by atoms with van der Waals surface area (Å²) in [7, 11) is -0.255. The lowest BCUT2D eigenvalue weighted by Crippen LogP contribution is -2.37. The molecule has 0 aromatic rings. The van der Waals surface area contributed by atoms with Gasteiger partial charge in [-0.3, -0.25) is 0 Å². The molecule has 0 radical (unpaired) electrons. The van der Waals surface area contributed by atoms with Crippen LogP contribution in [0.5, 0.6) is 0 Å². The number of hydrogen-bond donors (Lipinski definition) is 0. The van der Waals surface area contributed by atoms with Crippen molar-refractivity contribution in [2.75, 3.05) is 7.11 Å². The van der Waals surface area contributed by atoms with Crippen LogP contribution < -0.4 is 0 Å². The molecule has 0 fully saturated rings. The minimum Gasteiger partial charge on any atom is -0.467 e. The fourth-order valence-corrected chi connectivity index (χ4v) is 4.55. The first kappa shape index (κ1) is 26.6. The molecular weight excluding hydrogens is 352 g/mol. The first-order chi connectivity index (χ1) is 12.9. The lowest BCUT2D eigenvalue weighted by Gasteiger charge is -2.24. The highest BCUT2D eigenvalue weighted by Gasteiger charge is 2.26. The van der Waals surface area contributed by atoms with E-state index in [1.165, 1.54) is 97.0 Å². The Morgan fingerprint density at radius 2 is 1.07 bits per heavy atom. The maximum Gasteiger partial charge on any atom is 0.333 e. The summed E-state index contributed by atoms with van der Waals surface area (Å²) in [6, 6.07) is 0. The zero-order valence-electron chi connectivity index (χ0n) is 19.1. The average molecular weight is 401 g/mol. The quantitative estimate of drug-likeness (QED) is 0.127. The van der Waals surface area contributed by atoms with Gasteiger partial charge < -0.3 is 9.16 Å². The van der Waals surface area contributed by atoms with E-state index in [0.717, 1.165) is 12.8 Å². The van der Waals surface area contributed by atoms with Crippen LogP contribution in [0.3, 0.4) is 0 Å². The topological polar surface area (TPSA) is 35.5 Å². The van der Waals surface area contributed by atoms with E-state index >= 15 is 0 Å². The van der Waals surface area contributed by atoms with Gasteiger partial charge in [0.25, 0.3) is 0 Å². The molecule has 1 atom stereocenters. The van der Waals surface area contributed by atoms with Crippen molar-refractivity contribution in [3.63, 3.8) is 0 Å². The Morgan fingerprint density at radius 1 is 0.704 bits per heavy atom. The number of unbranched alkanes of at least 4 members (excludes halogenated alkanes) is 14. The molecule has 1 unspecified atom stereocenters. The third-order valence-corrected chi connectivity index (χ3v) is 6.02. The molecule has 0 saturated carbocycles. The van der Waals surface area contributed by atoms with E-state index in [2.05, 4.69) is 26.6 Å². The second kappa shape index (κ2) is 17.7. The molecule has 0 aromatic heterocycles. The van der Waals surface area contributed by atoms with Crippen LogP contribution in [0.4, 0.5) is 0 Å². The van der Waals surface area contributed by atoms with Crippen molar-refractivity contribution in [1.29, 1.82) is 0 Å². The second-order valence-electron chi connectivity index (χ2n) is 8.98. The summed E-state index contributed by atoms with van der Waals surface area (Å²) in [4.78, 5) is 11.8. The Labute approximate surface area is 171 Å². The van der Waals surface area contributed by atoms with Gasteiger partial charge in [-0.25, -0.2) is 4.79 Å². The smallest absolute Gasteiger partial charge is 0.333 e. The lowest BCUT2D eigenvalue weighted by atomic mass is 10.0. The first-order valence-electron chi connectivity index (χ1n) is 11.7. The van der Waals surface area contributed by atoms with Crippen LogP contribution in [0.25, 0.3) is 0 Å². The van der Waals surface area contributed by atoms with Gasteiger partial charge in [-0.05, 0) is 26.1 Å². The Hall–Kier alpha value is -0.353. The van der Waals surface area contributed by atoms with Crippen LogP contribution in [0.1, 0.15) is 110 Å². The summed E-state index contributed by atoms with van der Waals surface area (Å²) < 4.78 is 10.9. The third-order valence-electron chi connectivity index (χ3n) is 5.03. The monoisotopic (exact) mass is 400 g/mol. The number of esters is 1. The number of carbonyl (C=O) groups is 1. The van der Waals surface area contributed by atoms with E-state index in [4.69, 9.17) is 9.16 Å². The van der Waals surface area contributed by atoms with E-state index < -0.39 is 8.32 Å². The fraction of sp³-hybridized carbons (Fsp3) is 0.957. The summed E-state index contributed by atoms with van der Waals surface area (Å²) in [5, 5.41) is 0. The normalized spacial score (nSPS) is 12.9. The summed E-state index contributed by atoms with van der Waals surface area (Å²) in [6.45, 7) is 8.64. The minimum absolute atomic E-state index is 0.206. The van der Waals surface area contributed by atoms with E-state index in [-0.39, 0.29) is 12.1 Å². The number of rotatable bonds is 19.